The van der Waals surface area contributed by atoms with Crippen LogP contribution < -0.4 is 9.80 Å². The van der Waals surface area contributed by atoms with Crippen molar-refractivity contribution >= 4 is 56.3 Å². The summed E-state index contributed by atoms with van der Waals surface area (Å²) < 4.78 is 0. The van der Waals surface area contributed by atoms with Crippen LogP contribution in [0, 0.1) is 0 Å². The summed E-state index contributed by atoms with van der Waals surface area (Å²) in [5.74, 6) is 0. The van der Waals surface area contributed by atoms with Crippen LogP contribution in [0.5, 0.6) is 0 Å². The lowest BCUT2D eigenvalue weighted by Crippen LogP contribution is -2.32. The van der Waals surface area contributed by atoms with Crippen LogP contribution in [0.15, 0.2) is 36.4 Å². The third-order valence-electron chi connectivity index (χ3n) is 7.57. The zero-order valence-electron chi connectivity index (χ0n) is 18.4. The lowest BCUT2D eigenvalue weighted by molar-refractivity contribution is 0.112. The fourth-order valence-corrected chi connectivity index (χ4v) is 6.00. The minimum atomic E-state index is 0.594. The second-order valence-corrected chi connectivity index (χ2v) is 9.37. The van der Waals surface area contributed by atoms with Crippen LogP contribution in [-0.4, -0.2) is 38.8 Å². The summed E-state index contributed by atoms with van der Waals surface area (Å²) in [7, 11) is 0. The van der Waals surface area contributed by atoms with E-state index in [9.17, 15) is 9.59 Å². The predicted molar refractivity (Wildman–Crippen MR) is 133 cm³/mol. The number of anilines is 2. The van der Waals surface area contributed by atoms with Crippen LogP contribution in [0.1, 0.15) is 59.2 Å². The fraction of sp³-hybridized carbons (Fsp3) is 0.357. The first-order chi connectivity index (χ1) is 15.8. The molecule has 0 aliphatic carbocycles. The highest BCUT2D eigenvalue weighted by Crippen LogP contribution is 2.45. The summed E-state index contributed by atoms with van der Waals surface area (Å²) in [6, 6.07) is 12.7. The Kier molecular flexibility index (Phi) is 4.74. The smallest absolute Gasteiger partial charge is 0.150 e. The number of carbonyl (C=O) groups is 2. The van der Waals surface area contributed by atoms with E-state index in [1.54, 1.807) is 6.07 Å². The highest BCUT2D eigenvalue weighted by atomic mass is 16.1. The summed E-state index contributed by atoms with van der Waals surface area (Å²) in [5.41, 5.74) is 3.79. The molecular formula is C28H28N2O2. The number of hydrogen-bond donors (Lipinski definition) is 0. The lowest BCUT2D eigenvalue weighted by atomic mass is 9.88. The van der Waals surface area contributed by atoms with Gasteiger partial charge < -0.3 is 9.80 Å². The molecule has 2 saturated heterocycles. The van der Waals surface area contributed by atoms with Crippen molar-refractivity contribution < 1.29 is 9.59 Å². The normalized spacial score (nSPS) is 17.5. The Balaban J connectivity index is 1.74. The van der Waals surface area contributed by atoms with Gasteiger partial charge in [-0.3, -0.25) is 9.59 Å². The molecule has 162 valence electrons. The molecule has 2 aliphatic heterocycles. The average molecular weight is 425 g/mol. The molecule has 2 aliphatic rings. The van der Waals surface area contributed by atoms with Gasteiger partial charge in [0.1, 0.15) is 0 Å². The Hall–Kier alpha value is -3.14. The first-order valence-electron chi connectivity index (χ1n) is 12.0. The number of aldehydes is 2. The van der Waals surface area contributed by atoms with Gasteiger partial charge in [-0.15, -0.1) is 0 Å². The minimum absolute atomic E-state index is 0.594. The Labute approximate surface area is 188 Å². The maximum atomic E-state index is 11.9. The molecule has 4 nitrogen and oxygen atoms in total. The van der Waals surface area contributed by atoms with Gasteiger partial charge in [0.2, 0.25) is 0 Å². The third kappa shape index (κ3) is 2.89. The van der Waals surface area contributed by atoms with Crippen molar-refractivity contribution in [1.29, 1.82) is 0 Å². The van der Waals surface area contributed by atoms with E-state index < -0.39 is 0 Å². The van der Waals surface area contributed by atoms with Crippen LogP contribution in [0.4, 0.5) is 11.4 Å². The first-order valence-corrected chi connectivity index (χ1v) is 12.0. The SMILES string of the molecule is O=Cc1cc(C=O)c2ccc3c(N4CCCCC4)cc(N4CCCCC4)c4ccc1c2c43. The number of carbonyl (C=O) groups excluding carboxylic acids is 2. The Morgan fingerprint density at radius 3 is 1.38 bits per heavy atom. The Morgan fingerprint density at radius 1 is 0.531 bits per heavy atom. The van der Waals surface area contributed by atoms with E-state index in [4.69, 9.17) is 0 Å². The molecule has 0 saturated carbocycles. The number of piperidine rings is 2. The predicted octanol–water partition coefficient (Wildman–Crippen LogP) is 6.19. The lowest BCUT2D eigenvalue weighted by Gasteiger charge is -2.35. The van der Waals surface area contributed by atoms with Crippen LogP contribution >= 0.6 is 0 Å². The van der Waals surface area contributed by atoms with Crippen LogP contribution in [0.2, 0.25) is 0 Å². The second kappa shape index (κ2) is 7.77. The van der Waals surface area contributed by atoms with E-state index in [2.05, 4.69) is 40.1 Å². The Bertz CT molecular complexity index is 1240. The minimum Gasteiger partial charge on any atom is -0.371 e. The van der Waals surface area contributed by atoms with Crippen molar-refractivity contribution in [1.82, 2.24) is 0 Å². The molecule has 6 rings (SSSR count). The molecule has 2 fully saturated rings. The van der Waals surface area contributed by atoms with E-state index in [1.807, 2.05) is 0 Å². The topological polar surface area (TPSA) is 40.6 Å². The monoisotopic (exact) mass is 424 g/mol. The van der Waals surface area contributed by atoms with Gasteiger partial charge in [0.15, 0.2) is 12.6 Å². The maximum Gasteiger partial charge on any atom is 0.150 e. The third-order valence-corrected chi connectivity index (χ3v) is 7.57. The van der Waals surface area contributed by atoms with Crippen molar-refractivity contribution in [2.24, 2.45) is 0 Å². The molecule has 0 amide bonds. The van der Waals surface area contributed by atoms with Crippen LogP contribution in [-0.2, 0) is 0 Å². The zero-order valence-corrected chi connectivity index (χ0v) is 18.4. The van der Waals surface area contributed by atoms with Gasteiger partial charge in [0.25, 0.3) is 0 Å². The molecule has 32 heavy (non-hydrogen) atoms. The fourth-order valence-electron chi connectivity index (χ4n) is 6.00. The Morgan fingerprint density at radius 2 is 0.938 bits per heavy atom. The van der Waals surface area contributed by atoms with Gasteiger partial charge >= 0.3 is 0 Å². The largest absolute Gasteiger partial charge is 0.371 e. The van der Waals surface area contributed by atoms with Gasteiger partial charge in [-0.25, -0.2) is 0 Å². The highest BCUT2D eigenvalue weighted by Gasteiger charge is 2.23. The summed E-state index contributed by atoms with van der Waals surface area (Å²) in [6.07, 6.45) is 9.28. The van der Waals surface area contributed by atoms with E-state index in [-0.39, 0.29) is 0 Å². The summed E-state index contributed by atoms with van der Waals surface area (Å²) in [4.78, 5) is 28.9. The van der Waals surface area contributed by atoms with Crippen molar-refractivity contribution in [2.45, 2.75) is 38.5 Å². The van der Waals surface area contributed by atoms with Crippen LogP contribution in [0.25, 0.3) is 32.3 Å². The quantitative estimate of drug-likeness (QED) is 0.289. The summed E-state index contributed by atoms with van der Waals surface area (Å²) >= 11 is 0. The molecule has 0 bridgehead atoms. The highest BCUT2D eigenvalue weighted by molar-refractivity contribution is 6.31. The second-order valence-electron chi connectivity index (χ2n) is 9.37. The van der Waals surface area contributed by atoms with Gasteiger partial charge in [-0.2, -0.15) is 0 Å². The number of nitrogens with zero attached hydrogens (tertiary/aromatic N) is 2. The van der Waals surface area contributed by atoms with E-state index in [1.165, 1.54) is 66.1 Å². The molecule has 2 heterocycles. The first kappa shape index (κ1) is 19.5. The molecule has 0 aromatic heterocycles. The molecule has 0 radical (unpaired) electrons. The standard InChI is InChI=1S/C28H28N2O2/c31-17-19-15-20(18-32)22-8-10-24-26(30-13-5-2-6-14-30)16-25(29-11-3-1-4-12-29)23-9-7-21(19)27(22)28(23)24/h7-10,15-18H,1-6,11-14H2. The van der Waals surface area contributed by atoms with E-state index >= 15 is 0 Å². The van der Waals surface area contributed by atoms with Gasteiger partial charge in [0, 0.05) is 64.8 Å². The molecule has 4 heteroatoms. The number of hydrogen-bond acceptors (Lipinski definition) is 4. The van der Waals surface area contributed by atoms with Gasteiger partial charge in [0.05, 0.1) is 0 Å². The number of rotatable bonds is 4. The van der Waals surface area contributed by atoms with Gasteiger partial charge in [-0.05, 0) is 66.8 Å². The number of benzene rings is 4. The van der Waals surface area contributed by atoms with Crippen molar-refractivity contribution in [3.63, 3.8) is 0 Å². The van der Waals surface area contributed by atoms with Gasteiger partial charge in [-0.1, -0.05) is 24.3 Å². The molecule has 4 aromatic carbocycles. The van der Waals surface area contributed by atoms with Crippen LogP contribution in [0.3, 0.4) is 0 Å². The van der Waals surface area contributed by atoms with Crippen molar-refractivity contribution in [3.8, 4) is 0 Å². The molecular weight excluding hydrogens is 396 g/mol. The molecule has 0 unspecified atom stereocenters. The van der Waals surface area contributed by atoms with E-state index in [0.717, 1.165) is 54.9 Å². The zero-order chi connectivity index (χ0) is 21.7. The van der Waals surface area contributed by atoms with Crippen molar-refractivity contribution in [2.75, 3.05) is 36.0 Å². The molecule has 4 aromatic rings. The average Bonchev–Trinajstić information content (AvgIpc) is 2.87. The maximum absolute atomic E-state index is 11.9. The molecule has 0 atom stereocenters. The van der Waals surface area contributed by atoms with E-state index in [0.29, 0.717) is 11.1 Å². The summed E-state index contributed by atoms with van der Waals surface area (Å²) in [5, 5.41) is 6.62. The molecule has 0 spiro atoms. The molecule has 0 N–H and O–H groups in total. The van der Waals surface area contributed by atoms with Crippen molar-refractivity contribution in [3.05, 3.63) is 47.5 Å². The summed E-state index contributed by atoms with van der Waals surface area (Å²) in [6.45, 7) is 4.34.